The fourth-order valence-electron chi connectivity index (χ4n) is 3.88. The number of piperazine rings is 1. The Bertz CT molecular complexity index is 1290. The monoisotopic (exact) mass is 473 g/mol. The lowest BCUT2D eigenvalue weighted by Crippen LogP contribution is -2.48. The number of benzene rings is 2. The number of sulfonamides is 1. The SMILES string of the molecule is CCOC(=O)c1oc2ccccc2c1CN1CCN(S(=O)(=O)c2cccc([N+](=O)[O-])c2)CC1. The Morgan fingerprint density at radius 1 is 1.12 bits per heavy atom. The van der Waals surface area contributed by atoms with Gasteiger partial charge in [-0.3, -0.25) is 15.0 Å². The van der Waals surface area contributed by atoms with Crippen LogP contribution in [0.3, 0.4) is 0 Å². The molecule has 4 rings (SSSR count). The van der Waals surface area contributed by atoms with E-state index in [9.17, 15) is 23.3 Å². The Kier molecular flexibility index (Phi) is 6.45. The predicted octanol–water partition coefficient (Wildman–Crippen LogP) is 3.02. The second-order valence-corrected chi connectivity index (χ2v) is 9.50. The molecule has 10 nitrogen and oxygen atoms in total. The summed E-state index contributed by atoms with van der Waals surface area (Å²) in [6, 6.07) is 12.4. The number of rotatable bonds is 7. The number of para-hydroxylation sites is 1. The van der Waals surface area contributed by atoms with Crippen molar-refractivity contribution >= 4 is 32.6 Å². The van der Waals surface area contributed by atoms with Gasteiger partial charge >= 0.3 is 5.97 Å². The van der Waals surface area contributed by atoms with Crippen molar-refractivity contribution in [2.24, 2.45) is 0 Å². The Labute approximate surface area is 190 Å². The molecule has 2 heterocycles. The largest absolute Gasteiger partial charge is 0.460 e. The van der Waals surface area contributed by atoms with Gasteiger partial charge < -0.3 is 9.15 Å². The number of carbonyl (C=O) groups excluding carboxylic acids is 1. The number of furan rings is 1. The number of esters is 1. The second kappa shape index (κ2) is 9.30. The summed E-state index contributed by atoms with van der Waals surface area (Å²) in [5, 5.41) is 11.8. The second-order valence-electron chi connectivity index (χ2n) is 7.56. The zero-order valence-corrected chi connectivity index (χ0v) is 18.8. The summed E-state index contributed by atoms with van der Waals surface area (Å²) < 4.78 is 38.2. The van der Waals surface area contributed by atoms with Crippen LogP contribution in [0.1, 0.15) is 23.0 Å². The third-order valence-electron chi connectivity index (χ3n) is 5.54. The molecule has 1 aromatic heterocycles. The lowest BCUT2D eigenvalue weighted by molar-refractivity contribution is -0.385. The van der Waals surface area contributed by atoms with Crippen LogP contribution in [0, 0.1) is 10.1 Å². The third kappa shape index (κ3) is 4.61. The minimum Gasteiger partial charge on any atom is -0.460 e. The van der Waals surface area contributed by atoms with E-state index in [-0.39, 0.29) is 36.0 Å². The molecule has 0 aliphatic carbocycles. The highest BCUT2D eigenvalue weighted by molar-refractivity contribution is 7.89. The van der Waals surface area contributed by atoms with E-state index in [0.717, 1.165) is 11.5 Å². The fraction of sp³-hybridized carbons (Fsp3) is 0.318. The maximum absolute atomic E-state index is 13.0. The number of hydrogen-bond acceptors (Lipinski definition) is 8. The highest BCUT2D eigenvalue weighted by Gasteiger charge is 2.31. The first kappa shape index (κ1) is 22.9. The van der Waals surface area contributed by atoms with Gasteiger partial charge in [-0.15, -0.1) is 0 Å². The summed E-state index contributed by atoms with van der Waals surface area (Å²) in [6.07, 6.45) is 0. The normalized spacial score (nSPS) is 15.5. The quantitative estimate of drug-likeness (QED) is 0.291. The molecule has 0 radical (unpaired) electrons. The first-order chi connectivity index (χ1) is 15.8. The van der Waals surface area contributed by atoms with Gasteiger partial charge in [0.25, 0.3) is 5.69 Å². The average molecular weight is 474 g/mol. The summed E-state index contributed by atoms with van der Waals surface area (Å²) in [6.45, 7) is 3.64. The van der Waals surface area contributed by atoms with Crippen LogP contribution in [0.25, 0.3) is 11.0 Å². The van der Waals surface area contributed by atoms with Gasteiger partial charge in [-0.25, -0.2) is 13.2 Å². The molecule has 0 amide bonds. The number of fused-ring (bicyclic) bond motifs is 1. The molecule has 1 aliphatic heterocycles. The van der Waals surface area contributed by atoms with Crippen molar-refractivity contribution in [1.82, 2.24) is 9.21 Å². The van der Waals surface area contributed by atoms with Crippen LogP contribution in [0.2, 0.25) is 0 Å². The number of carbonyl (C=O) groups is 1. The third-order valence-corrected chi connectivity index (χ3v) is 7.43. The van der Waals surface area contributed by atoms with Crippen molar-refractivity contribution in [3.8, 4) is 0 Å². The number of nitro benzene ring substituents is 1. The van der Waals surface area contributed by atoms with Crippen LogP contribution < -0.4 is 0 Å². The summed E-state index contributed by atoms with van der Waals surface area (Å²) in [5.41, 5.74) is 1.02. The molecular formula is C22H23N3O7S. The standard InChI is InChI=1S/C22H23N3O7S/c1-2-31-22(26)21-19(18-8-3-4-9-20(18)32-21)15-23-10-12-24(13-11-23)33(29,30)17-7-5-6-16(14-17)25(27)28/h3-9,14H,2,10-13,15H2,1H3. The van der Waals surface area contributed by atoms with Gasteiger partial charge in [0.15, 0.2) is 0 Å². The first-order valence-corrected chi connectivity index (χ1v) is 11.9. The van der Waals surface area contributed by atoms with Gasteiger partial charge in [-0.05, 0) is 19.1 Å². The lowest BCUT2D eigenvalue weighted by Gasteiger charge is -2.33. The van der Waals surface area contributed by atoms with Crippen LogP contribution in [-0.2, 0) is 21.3 Å². The van der Waals surface area contributed by atoms with Gasteiger partial charge in [0.05, 0.1) is 16.4 Å². The van der Waals surface area contributed by atoms with E-state index in [1.54, 1.807) is 13.0 Å². The molecule has 11 heteroatoms. The van der Waals surface area contributed by atoms with Crippen molar-refractivity contribution in [3.63, 3.8) is 0 Å². The molecule has 0 N–H and O–H groups in total. The Hall–Kier alpha value is -3.28. The van der Waals surface area contributed by atoms with Crippen molar-refractivity contribution in [1.29, 1.82) is 0 Å². The van der Waals surface area contributed by atoms with E-state index < -0.39 is 20.9 Å². The predicted molar refractivity (Wildman–Crippen MR) is 119 cm³/mol. The van der Waals surface area contributed by atoms with Gasteiger partial charge in [0.1, 0.15) is 5.58 Å². The summed E-state index contributed by atoms with van der Waals surface area (Å²) in [4.78, 5) is 24.8. The van der Waals surface area contributed by atoms with E-state index in [2.05, 4.69) is 0 Å². The van der Waals surface area contributed by atoms with Crippen molar-refractivity contribution < 1.29 is 27.3 Å². The van der Waals surface area contributed by atoms with Gasteiger partial charge in [0, 0.05) is 55.8 Å². The van der Waals surface area contributed by atoms with Gasteiger partial charge in [-0.2, -0.15) is 4.31 Å². The molecule has 1 aliphatic rings. The first-order valence-electron chi connectivity index (χ1n) is 10.5. The van der Waals surface area contributed by atoms with E-state index in [1.807, 2.05) is 23.1 Å². The Balaban J connectivity index is 1.51. The summed E-state index contributed by atoms with van der Waals surface area (Å²) in [7, 11) is -3.86. The molecule has 1 saturated heterocycles. The van der Waals surface area contributed by atoms with Crippen molar-refractivity contribution in [3.05, 3.63) is 70.0 Å². The molecular weight excluding hydrogens is 450 g/mol. The fourth-order valence-corrected chi connectivity index (χ4v) is 5.34. The molecule has 2 aromatic carbocycles. The number of non-ortho nitro benzene ring substituents is 1. The van der Waals surface area contributed by atoms with Crippen LogP contribution >= 0.6 is 0 Å². The summed E-state index contributed by atoms with van der Waals surface area (Å²) in [5.74, 6) is -0.375. The van der Waals surface area contributed by atoms with Crippen LogP contribution in [0.15, 0.2) is 57.8 Å². The molecule has 0 spiro atoms. The molecule has 0 saturated carbocycles. The Morgan fingerprint density at radius 3 is 2.55 bits per heavy atom. The zero-order chi connectivity index (χ0) is 23.6. The summed E-state index contributed by atoms with van der Waals surface area (Å²) >= 11 is 0. The van der Waals surface area contributed by atoms with Gasteiger partial charge in [-0.1, -0.05) is 24.3 Å². The minimum absolute atomic E-state index is 0.101. The topological polar surface area (TPSA) is 123 Å². The highest BCUT2D eigenvalue weighted by Crippen LogP contribution is 2.29. The molecule has 33 heavy (non-hydrogen) atoms. The Morgan fingerprint density at radius 2 is 1.85 bits per heavy atom. The van der Waals surface area contributed by atoms with E-state index in [0.29, 0.717) is 30.8 Å². The van der Waals surface area contributed by atoms with E-state index >= 15 is 0 Å². The van der Waals surface area contributed by atoms with Crippen LogP contribution in [-0.4, -0.2) is 61.3 Å². The van der Waals surface area contributed by atoms with Crippen LogP contribution in [0.5, 0.6) is 0 Å². The lowest BCUT2D eigenvalue weighted by atomic mass is 10.1. The zero-order valence-electron chi connectivity index (χ0n) is 18.0. The van der Waals surface area contributed by atoms with Crippen LogP contribution in [0.4, 0.5) is 5.69 Å². The van der Waals surface area contributed by atoms with E-state index in [1.165, 1.54) is 22.5 Å². The van der Waals surface area contributed by atoms with Crippen molar-refractivity contribution in [2.45, 2.75) is 18.4 Å². The molecule has 3 aromatic rings. The number of hydrogen-bond donors (Lipinski definition) is 0. The number of nitro groups is 1. The van der Waals surface area contributed by atoms with E-state index in [4.69, 9.17) is 9.15 Å². The molecule has 1 fully saturated rings. The highest BCUT2D eigenvalue weighted by atomic mass is 32.2. The minimum atomic E-state index is -3.86. The average Bonchev–Trinajstić information content (AvgIpc) is 3.18. The maximum Gasteiger partial charge on any atom is 0.374 e. The number of nitrogens with zero attached hydrogens (tertiary/aromatic N) is 3. The van der Waals surface area contributed by atoms with Crippen molar-refractivity contribution in [2.75, 3.05) is 32.8 Å². The maximum atomic E-state index is 13.0. The molecule has 0 bridgehead atoms. The molecule has 0 unspecified atom stereocenters. The van der Waals surface area contributed by atoms with Gasteiger partial charge in [0.2, 0.25) is 15.8 Å². The molecule has 0 atom stereocenters. The molecule has 174 valence electrons. The smallest absolute Gasteiger partial charge is 0.374 e. The number of ether oxygens (including phenoxy) is 1.